The first kappa shape index (κ1) is 21.5. The number of benzene rings is 4. The summed E-state index contributed by atoms with van der Waals surface area (Å²) in [6.07, 6.45) is 3.85. The van der Waals surface area contributed by atoms with Gasteiger partial charge in [0.1, 0.15) is 17.3 Å². The van der Waals surface area contributed by atoms with Crippen molar-refractivity contribution in [3.63, 3.8) is 0 Å². The minimum Gasteiger partial charge on any atom is -0.468 e. The summed E-state index contributed by atoms with van der Waals surface area (Å²) < 4.78 is 11.0. The number of ether oxygens (including phenoxy) is 1. The zero-order valence-corrected chi connectivity index (χ0v) is 18.8. The van der Waals surface area contributed by atoms with Gasteiger partial charge in [0.05, 0.1) is 7.11 Å². The van der Waals surface area contributed by atoms with Crippen LogP contribution in [0.5, 0.6) is 0 Å². The number of carbonyl (C=O) groups is 1. The molecular formula is C31H24O3. The van der Waals surface area contributed by atoms with Crippen LogP contribution in [-0.2, 0) is 9.53 Å². The molecule has 0 saturated carbocycles. The molecule has 0 spiro atoms. The number of methoxy groups -OCH3 is 1. The standard InChI is InChI=1S/C31H24O3/c1-33-31(32)28(25-7-3-2-4-8-25)20-13-22-11-14-23(15-12-22)24-16-18-26(19-17-24)30-21-27-9-5-6-10-29(27)34-30/h2-21,28H,1H3/b20-13+. The first-order valence-corrected chi connectivity index (χ1v) is 11.2. The Bertz CT molecular complexity index is 1390. The van der Waals surface area contributed by atoms with E-state index < -0.39 is 5.92 Å². The molecule has 166 valence electrons. The normalized spacial score (nSPS) is 12.1. The van der Waals surface area contributed by atoms with Crippen LogP contribution in [0.3, 0.4) is 0 Å². The maximum Gasteiger partial charge on any atom is 0.317 e. The third-order valence-corrected chi connectivity index (χ3v) is 5.93. The lowest BCUT2D eigenvalue weighted by atomic mass is 9.97. The molecule has 5 aromatic rings. The van der Waals surface area contributed by atoms with Crippen LogP contribution >= 0.6 is 0 Å². The van der Waals surface area contributed by atoms with Crippen molar-refractivity contribution in [1.29, 1.82) is 0 Å². The minimum absolute atomic E-state index is 0.274. The highest BCUT2D eigenvalue weighted by molar-refractivity contribution is 5.83. The van der Waals surface area contributed by atoms with Gasteiger partial charge >= 0.3 is 5.97 Å². The largest absolute Gasteiger partial charge is 0.468 e. The lowest BCUT2D eigenvalue weighted by Crippen LogP contribution is -2.11. The van der Waals surface area contributed by atoms with Gasteiger partial charge in [-0.25, -0.2) is 0 Å². The van der Waals surface area contributed by atoms with E-state index in [9.17, 15) is 4.79 Å². The van der Waals surface area contributed by atoms with Gasteiger partial charge in [0, 0.05) is 10.9 Å². The second-order valence-corrected chi connectivity index (χ2v) is 8.12. The Balaban J connectivity index is 1.33. The Morgan fingerprint density at radius 2 is 1.38 bits per heavy atom. The van der Waals surface area contributed by atoms with Crippen molar-refractivity contribution in [1.82, 2.24) is 0 Å². The summed E-state index contributed by atoms with van der Waals surface area (Å²) >= 11 is 0. The van der Waals surface area contributed by atoms with Gasteiger partial charge in [-0.05, 0) is 34.4 Å². The molecule has 0 amide bonds. The fourth-order valence-corrected chi connectivity index (χ4v) is 4.06. The molecule has 0 aliphatic heterocycles. The molecule has 0 N–H and O–H groups in total. The Morgan fingerprint density at radius 1 is 0.765 bits per heavy atom. The summed E-state index contributed by atoms with van der Waals surface area (Å²) in [5, 5.41) is 1.10. The van der Waals surface area contributed by atoms with Crippen LogP contribution in [0.1, 0.15) is 17.0 Å². The minimum atomic E-state index is -0.434. The van der Waals surface area contributed by atoms with Gasteiger partial charge < -0.3 is 9.15 Å². The average molecular weight is 445 g/mol. The van der Waals surface area contributed by atoms with Crippen molar-refractivity contribution >= 4 is 23.0 Å². The number of rotatable bonds is 6. The maximum absolute atomic E-state index is 12.3. The van der Waals surface area contributed by atoms with Gasteiger partial charge in [-0.3, -0.25) is 4.79 Å². The Kier molecular flexibility index (Phi) is 6.09. The lowest BCUT2D eigenvalue weighted by Gasteiger charge is -2.10. The molecule has 5 rings (SSSR count). The molecule has 0 radical (unpaired) electrons. The summed E-state index contributed by atoms with van der Waals surface area (Å²) in [5.41, 5.74) is 6.13. The Hall–Kier alpha value is -4.37. The van der Waals surface area contributed by atoms with Crippen molar-refractivity contribution in [3.8, 4) is 22.5 Å². The first-order chi connectivity index (χ1) is 16.7. The van der Waals surface area contributed by atoms with Crippen molar-refractivity contribution in [2.45, 2.75) is 5.92 Å². The predicted octanol–water partition coefficient (Wildman–Crippen LogP) is 7.74. The molecule has 3 heteroatoms. The van der Waals surface area contributed by atoms with E-state index in [0.717, 1.165) is 44.5 Å². The van der Waals surface area contributed by atoms with Crippen LogP contribution in [0.4, 0.5) is 0 Å². The van der Waals surface area contributed by atoms with Gasteiger partial charge in [0.2, 0.25) is 0 Å². The number of furan rings is 1. The highest BCUT2D eigenvalue weighted by Gasteiger charge is 2.17. The van der Waals surface area contributed by atoms with Crippen LogP contribution in [0, 0.1) is 0 Å². The van der Waals surface area contributed by atoms with Crippen molar-refractivity contribution in [2.75, 3.05) is 7.11 Å². The van der Waals surface area contributed by atoms with Crippen LogP contribution in [0.2, 0.25) is 0 Å². The second kappa shape index (κ2) is 9.63. The van der Waals surface area contributed by atoms with Crippen LogP contribution in [0.25, 0.3) is 39.5 Å². The van der Waals surface area contributed by atoms with E-state index in [1.165, 1.54) is 7.11 Å². The van der Waals surface area contributed by atoms with E-state index >= 15 is 0 Å². The summed E-state index contributed by atoms with van der Waals surface area (Å²) in [7, 11) is 1.42. The highest BCUT2D eigenvalue weighted by Crippen LogP contribution is 2.30. The molecular weight excluding hydrogens is 420 g/mol. The Morgan fingerprint density at radius 3 is 2.06 bits per heavy atom. The topological polar surface area (TPSA) is 39.4 Å². The fraction of sp³-hybridized carbons (Fsp3) is 0.0645. The molecule has 4 aromatic carbocycles. The predicted molar refractivity (Wildman–Crippen MR) is 137 cm³/mol. The monoisotopic (exact) mass is 444 g/mol. The van der Waals surface area contributed by atoms with Crippen molar-refractivity contribution in [2.24, 2.45) is 0 Å². The zero-order valence-electron chi connectivity index (χ0n) is 18.8. The van der Waals surface area contributed by atoms with E-state index in [1.807, 2.05) is 60.7 Å². The number of fused-ring (bicyclic) bond motifs is 1. The molecule has 0 aliphatic rings. The molecule has 0 fully saturated rings. The smallest absolute Gasteiger partial charge is 0.317 e. The summed E-state index contributed by atoms with van der Waals surface area (Å²) in [5.74, 6) is 0.159. The summed E-state index contributed by atoms with van der Waals surface area (Å²) in [4.78, 5) is 12.3. The molecule has 34 heavy (non-hydrogen) atoms. The highest BCUT2D eigenvalue weighted by atomic mass is 16.5. The molecule has 0 aliphatic carbocycles. The third kappa shape index (κ3) is 4.55. The van der Waals surface area contributed by atoms with Crippen molar-refractivity contribution < 1.29 is 13.9 Å². The van der Waals surface area contributed by atoms with E-state index in [1.54, 1.807) is 0 Å². The summed E-state index contributed by atoms with van der Waals surface area (Å²) in [6.45, 7) is 0. The molecule has 1 heterocycles. The molecule has 1 aromatic heterocycles. The number of carbonyl (C=O) groups excluding carboxylic acids is 1. The zero-order chi connectivity index (χ0) is 23.3. The van der Waals surface area contributed by atoms with Crippen LogP contribution in [-0.4, -0.2) is 13.1 Å². The van der Waals surface area contributed by atoms with Gasteiger partial charge in [0.15, 0.2) is 0 Å². The number of hydrogen-bond donors (Lipinski definition) is 0. The van der Waals surface area contributed by atoms with E-state index in [4.69, 9.17) is 9.15 Å². The van der Waals surface area contributed by atoms with Crippen LogP contribution in [0.15, 0.2) is 120 Å². The Labute approximate surface area is 198 Å². The molecule has 3 nitrogen and oxygen atoms in total. The van der Waals surface area contributed by atoms with E-state index in [-0.39, 0.29) is 5.97 Å². The molecule has 1 unspecified atom stereocenters. The third-order valence-electron chi connectivity index (χ3n) is 5.93. The van der Waals surface area contributed by atoms with Crippen LogP contribution < -0.4 is 0 Å². The molecule has 0 bridgehead atoms. The van der Waals surface area contributed by atoms with Crippen molar-refractivity contribution in [3.05, 3.63) is 126 Å². The molecule has 0 saturated heterocycles. The number of para-hydroxylation sites is 1. The van der Waals surface area contributed by atoms with E-state index in [0.29, 0.717) is 0 Å². The molecule has 1 atom stereocenters. The first-order valence-electron chi connectivity index (χ1n) is 11.2. The van der Waals surface area contributed by atoms with Gasteiger partial charge in [-0.1, -0.05) is 109 Å². The fourth-order valence-electron chi connectivity index (χ4n) is 4.06. The SMILES string of the molecule is COC(=O)C(/C=C/c1ccc(-c2ccc(-c3cc4ccccc4o3)cc2)cc1)c1ccccc1. The summed E-state index contributed by atoms with van der Waals surface area (Å²) in [6, 6.07) is 36.4. The second-order valence-electron chi connectivity index (χ2n) is 8.12. The van der Waals surface area contributed by atoms with Gasteiger partial charge in [-0.2, -0.15) is 0 Å². The van der Waals surface area contributed by atoms with E-state index in [2.05, 4.69) is 60.7 Å². The van der Waals surface area contributed by atoms with Gasteiger partial charge in [-0.15, -0.1) is 0 Å². The lowest BCUT2D eigenvalue weighted by molar-refractivity contribution is -0.141. The quantitative estimate of drug-likeness (QED) is 0.252. The number of esters is 1. The number of hydrogen-bond acceptors (Lipinski definition) is 3. The van der Waals surface area contributed by atoms with Gasteiger partial charge in [0.25, 0.3) is 0 Å². The maximum atomic E-state index is 12.3. The average Bonchev–Trinajstić information content (AvgIpc) is 3.34.